The Bertz CT molecular complexity index is 1240. The molecule has 0 radical (unpaired) electrons. The summed E-state index contributed by atoms with van der Waals surface area (Å²) < 4.78 is 17.0. The van der Waals surface area contributed by atoms with Crippen LogP contribution >= 0.6 is 0 Å². The zero-order valence-electron chi connectivity index (χ0n) is 20.7. The van der Waals surface area contributed by atoms with Crippen molar-refractivity contribution in [3.05, 3.63) is 35.9 Å². The quantitative estimate of drug-likeness (QED) is 0.546. The Morgan fingerprint density at radius 2 is 2.06 bits per heavy atom. The lowest BCUT2D eigenvalue weighted by atomic mass is 10.1. The molecular weight excluding hydrogens is 460 g/mol. The zero-order chi connectivity index (χ0) is 24.6. The number of aromatic nitrogens is 3. The number of aliphatic hydroxyl groups excluding tert-OH is 1. The van der Waals surface area contributed by atoms with Crippen LogP contribution in [0.3, 0.4) is 0 Å². The van der Waals surface area contributed by atoms with Gasteiger partial charge in [-0.15, -0.1) is 0 Å². The first-order chi connectivity index (χ1) is 17.6. The van der Waals surface area contributed by atoms with E-state index >= 15 is 0 Å². The molecule has 1 aromatic carbocycles. The van der Waals surface area contributed by atoms with Gasteiger partial charge in [0.05, 0.1) is 62.8 Å². The molecule has 3 aliphatic heterocycles. The molecule has 190 valence electrons. The number of benzene rings is 1. The van der Waals surface area contributed by atoms with Crippen LogP contribution in [0.1, 0.15) is 12.5 Å². The summed E-state index contributed by atoms with van der Waals surface area (Å²) in [6.45, 7) is 7.29. The van der Waals surface area contributed by atoms with E-state index in [1.807, 2.05) is 24.3 Å². The summed E-state index contributed by atoms with van der Waals surface area (Å²) in [5, 5.41) is 14.3. The van der Waals surface area contributed by atoms with Gasteiger partial charge in [0.25, 0.3) is 0 Å². The second-order valence-corrected chi connectivity index (χ2v) is 9.59. The first kappa shape index (κ1) is 23.4. The van der Waals surface area contributed by atoms with E-state index < -0.39 is 0 Å². The highest BCUT2D eigenvalue weighted by atomic mass is 16.5. The average Bonchev–Trinajstić information content (AvgIpc) is 3.36. The summed E-state index contributed by atoms with van der Waals surface area (Å²) in [4.78, 5) is 19.5. The van der Waals surface area contributed by atoms with Crippen LogP contribution in [0, 0.1) is 0 Å². The third-order valence-electron chi connectivity index (χ3n) is 7.30. The predicted octanol–water partition coefficient (Wildman–Crippen LogP) is 1.59. The number of morpholine rings is 2. The van der Waals surface area contributed by atoms with E-state index in [0.29, 0.717) is 30.6 Å². The van der Waals surface area contributed by atoms with Crippen LogP contribution in [0.2, 0.25) is 0 Å². The second kappa shape index (κ2) is 9.78. The van der Waals surface area contributed by atoms with Gasteiger partial charge in [-0.1, -0.05) is 0 Å². The molecule has 5 heterocycles. The van der Waals surface area contributed by atoms with E-state index in [9.17, 15) is 5.11 Å². The molecule has 3 aromatic rings. The minimum atomic E-state index is -0.108. The Kier molecular flexibility index (Phi) is 6.34. The van der Waals surface area contributed by atoms with Crippen LogP contribution in [0.25, 0.3) is 22.3 Å². The third-order valence-corrected chi connectivity index (χ3v) is 7.30. The number of hydrogen-bond acceptors (Lipinski definition) is 10. The molecule has 0 saturated carbocycles. The van der Waals surface area contributed by atoms with Gasteiger partial charge in [0.1, 0.15) is 11.6 Å². The molecule has 0 aliphatic carbocycles. The lowest BCUT2D eigenvalue weighted by Gasteiger charge is -2.35. The van der Waals surface area contributed by atoms with Gasteiger partial charge in [0.15, 0.2) is 5.65 Å². The highest BCUT2D eigenvalue weighted by molar-refractivity contribution is 5.90. The smallest absolute Gasteiger partial charge is 0.229 e. The molecule has 0 amide bonds. The average molecular weight is 493 g/mol. The van der Waals surface area contributed by atoms with Gasteiger partial charge >= 0.3 is 0 Å². The number of nitrogens with zero attached hydrogens (tertiary/aromatic N) is 5. The highest BCUT2D eigenvalue weighted by Gasteiger charge is 2.37. The van der Waals surface area contributed by atoms with Gasteiger partial charge in [-0.05, 0) is 37.3 Å². The minimum absolute atomic E-state index is 0.108. The summed E-state index contributed by atoms with van der Waals surface area (Å²) in [6.07, 6.45) is 0.138. The maximum Gasteiger partial charge on any atom is 0.229 e. The highest BCUT2D eigenvalue weighted by Crippen LogP contribution is 2.33. The van der Waals surface area contributed by atoms with Gasteiger partial charge in [0.2, 0.25) is 5.95 Å². The fourth-order valence-electron chi connectivity index (χ4n) is 5.36. The number of methoxy groups -OCH3 is 1. The molecule has 6 rings (SSSR count). The molecule has 3 aliphatic rings. The van der Waals surface area contributed by atoms with Crippen molar-refractivity contribution in [3.63, 3.8) is 0 Å². The van der Waals surface area contributed by atoms with Crippen molar-refractivity contribution in [2.24, 2.45) is 0 Å². The lowest BCUT2D eigenvalue weighted by molar-refractivity contribution is 0.0212. The topological polar surface area (TPSA) is 105 Å². The maximum absolute atomic E-state index is 9.79. The van der Waals surface area contributed by atoms with Crippen molar-refractivity contribution in [1.29, 1.82) is 0 Å². The summed E-state index contributed by atoms with van der Waals surface area (Å²) in [5.74, 6) is 2.22. The standard InChI is InChI=1S/C26H32N6O4/c1-16-15-35-10-8-32(16)25-19-4-5-20(17-3-6-22(34-2)18(11-17)14-33)28-24(19)29-26(30-25)31-12-21-23(13-31)36-9-7-27-21/h3-6,11,16,21,23,27,33H,7-10,12-15H2,1-2H3/t16-,21-,23+/m0/s1. The Balaban J connectivity index is 1.44. The van der Waals surface area contributed by atoms with Gasteiger partial charge in [-0.2, -0.15) is 9.97 Å². The first-order valence-electron chi connectivity index (χ1n) is 12.6. The van der Waals surface area contributed by atoms with Crippen molar-refractivity contribution in [3.8, 4) is 17.0 Å². The van der Waals surface area contributed by atoms with Gasteiger partial charge < -0.3 is 34.4 Å². The van der Waals surface area contributed by atoms with Crippen LogP contribution in [-0.2, 0) is 16.1 Å². The van der Waals surface area contributed by atoms with E-state index in [4.69, 9.17) is 29.2 Å². The van der Waals surface area contributed by atoms with Gasteiger partial charge in [-0.3, -0.25) is 0 Å². The molecule has 0 spiro atoms. The predicted molar refractivity (Wildman–Crippen MR) is 137 cm³/mol. The number of hydrogen-bond donors (Lipinski definition) is 2. The molecule has 2 N–H and O–H groups in total. The molecule has 36 heavy (non-hydrogen) atoms. The van der Waals surface area contributed by atoms with Crippen molar-refractivity contribution >= 4 is 22.8 Å². The summed E-state index contributed by atoms with van der Waals surface area (Å²) in [7, 11) is 1.60. The number of fused-ring (bicyclic) bond motifs is 2. The molecule has 3 atom stereocenters. The van der Waals surface area contributed by atoms with Crippen molar-refractivity contribution in [2.45, 2.75) is 31.7 Å². The van der Waals surface area contributed by atoms with Crippen LogP contribution in [0.15, 0.2) is 30.3 Å². The van der Waals surface area contributed by atoms with E-state index in [-0.39, 0.29) is 24.8 Å². The number of pyridine rings is 1. The monoisotopic (exact) mass is 492 g/mol. The van der Waals surface area contributed by atoms with Crippen LogP contribution in [-0.4, -0.2) is 91.4 Å². The lowest BCUT2D eigenvalue weighted by Crippen LogP contribution is -2.47. The van der Waals surface area contributed by atoms with E-state index in [1.54, 1.807) is 7.11 Å². The van der Waals surface area contributed by atoms with Gasteiger partial charge in [-0.25, -0.2) is 4.98 Å². The Labute approximate surface area is 210 Å². The SMILES string of the molecule is COc1ccc(-c2ccc3c(N4CCOC[C@@H]4C)nc(N4C[C@@H]5NCCO[C@@H]5C4)nc3n2)cc1CO. The molecule has 3 fully saturated rings. The van der Waals surface area contributed by atoms with E-state index in [1.165, 1.54) is 0 Å². The minimum Gasteiger partial charge on any atom is -0.496 e. The molecule has 2 aromatic heterocycles. The summed E-state index contributed by atoms with van der Waals surface area (Å²) >= 11 is 0. The van der Waals surface area contributed by atoms with Crippen molar-refractivity contribution in [1.82, 2.24) is 20.3 Å². The van der Waals surface area contributed by atoms with Crippen LogP contribution < -0.4 is 19.9 Å². The fourth-order valence-corrected chi connectivity index (χ4v) is 5.36. The van der Waals surface area contributed by atoms with Crippen LogP contribution in [0.5, 0.6) is 5.75 Å². The third kappa shape index (κ3) is 4.24. The maximum atomic E-state index is 9.79. The van der Waals surface area contributed by atoms with Crippen molar-refractivity contribution in [2.75, 3.05) is 62.9 Å². The number of anilines is 2. The molecule has 0 unspecified atom stereocenters. The first-order valence-corrected chi connectivity index (χ1v) is 12.6. The Morgan fingerprint density at radius 3 is 2.86 bits per heavy atom. The molecule has 10 nitrogen and oxygen atoms in total. The summed E-state index contributed by atoms with van der Waals surface area (Å²) in [6, 6.07) is 10.2. The largest absolute Gasteiger partial charge is 0.496 e. The van der Waals surface area contributed by atoms with E-state index in [2.05, 4.69) is 28.1 Å². The summed E-state index contributed by atoms with van der Waals surface area (Å²) in [5.41, 5.74) is 3.05. The fraction of sp³-hybridized carbons (Fsp3) is 0.500. The Hall–Kier alpha value is -3.05. The van der Waals surface area contributed by atoms with Crippen LogP contribution in [0.4, 0.5) is 11.8 Å². The Morgan fingerprint density at radius 1 is 1.14 bits per heavy atom. The number of nitrogens with one attached hydrogen (secondary N) is 1. The zero-order valence-corrected chi connectivity index (χ0v) is 20.7. The normalized spacial score (nSPS) is 24.2. The van der Waals surface area contributed by atoms with E-state index in [0.717, 1.165) is 60.8 Å². The number of aliphatic hydroxyl groups is 1. The molecule has 0 bridgehead atoms. The second-order valence-electron chi connectivity index (χ2n) is 9.59. The number of rotatable bonds is 5. The number of ether oxygens (including phenoxy) is 3. The molecule has 10 heteroatoms. The van der Waals surface area contributed by atoms with Gasteiger partial charge in [0, 0.05) is 37.3 Å². The molecular formula is C26H32N6O4. The van der Waals surface area contributed by atoms with Crippen molar-refractivity contribution < 1.29 is 19.3 Å². The molecule has 3 saturated heterocycles.